The third-order valence-corrected chi connectivity index (χ3v) is 4.33. The Morgan fingerprint density at radius 2 is 2.10 bits per heavy atom. The Kier molecular flexibility index (Phi) is 5.22. The van der Waals surface area contributed by atoms with Crippen molar-refractivity contribution in [3.05, 3.63) is 39.4 Å². The molecule has 0 aromatic carbocycles. The lowest BCUT2D eigenvalue weighted by atomic mass is 9.96. The monoisotopic (exact) mass is 323 g/mol. The predicted molar refractivity (Wildman–Crippen MR) is 91.3 cm³/mol. The highest BCUT2D eigenvalue weighted by Gasteiger charge is 2.20. The van der Waals surface area contributed by atoms with E-state index in [1.54, 1.807) is 17.4 Å². The molecule has 0 spiro atoms. The Bertz CT molecular complexity index is 576. The fourth-order valence-electron chi connectivity index (χ4n) is 2.07. The molecule has 2 heterocycles. The van der Waals surface area contributed by atoms with Gasteiger partial charge in [0, 0.05) is 16.4 Å². The van der Waals surface area contributed by atoms with Crippen LogP contribution < -0.4 is 5.32 Å². The van der Waals surface area contributed by atoms with Crippen LogP contribution in [0.2, 0.25) is 5.15 Å². The van der Waals surface area contributed by atoms with Crippen molar-refractivity contribution in [1.29, 1.82) is 0 Å². The highest BCUT2D eigenvalue weighted by Crippen LogP contribution is 2.29. The summed E-state index contributed by atoms with van der Waals surface area (Å²) in [4.78, 5) is 10.3. The second-order valence-corrected chi connectivity index (χ2v) is 7.52. The minimum absolute atomic E-state index is 0.121. The van der Waals surface area contributed by atoms with Crippen LogP contribution in [0.25, 0.3) is 0 Å². The molecule has 5 heteroatoms. The lowest BCUT2D eigenvalue weighted by Crippen LogP contribution is -2.18. The number of nitrogens with zero attached hydrogens (tertiary/aromatic N) is 2. The third kappa shape index (κ3) is 4.42. The average Bonchev–Trinajstić information content (AvgIpc) is 2.90. The van der Waals surface area contributed by atoms with Crippen molar-refractivity contribution in [3.8, 4) is 0 Å². The molecule has 2 rings (SSSR count). The van der Waals surface area contributed by atoms with Crippen molar-refractivity contribution in [3.63, 3.8) is 0 Å². The van der Waals surface area contributed by atoms with Crippen molar-refractivity contribution in [1.82, 2.24) is 9.97 Å². The zero-order chi connectivity index (χ0) is 15.5. The van der Waals surface area contributed by atoms with Gasteiger partial charge in [0.05, 0.1) is 6.04 Å². The zero-order valence-electron chi connectivity index (χ0n) is 13.0. The number of aromatic nitrogens is 2. The number of anilines is 1. The van der Waals surface area contributed by atoms with Gasteiger partial charge in [-0.25, -0.2) is 9.97 Å². The Morgan fingerprint density at radius 1 is 1.33 bits per heavy atom. The maximum absolute atomic E-state index is 6.15. The van der Waals surface area contributed by atoms with Gasteiger partial charge in [-0.3, -0.25) is 0 Å². The lowest BCUT2D eigenvalue weighted by Gasteiger charge is -2.21. The van der Waals surface area contributed by atoms with E-state index in [0.717, 1.165) is 24.5 Å². The maximum Gasteiger partial charge on any atom is 0.137 e. The van der Waals surface area contributed by atoms with Gasteiger partial charge in [0.1, 0.15) is 16.8 Å². The molecule has 0 saturated heterocycles. The maximum atomic E-state index is 6.15. The third-order valence-electron chi connectivity index (χ3n) is 3.15. The highest BCUT2D eigenvalue weighted by molar-refractivity contribution is 7.10. The second-order valence-electron chi connectivity index (χ2n) is 6.15. The molecule has 0 radical (unpaired) electrons. The molecule has 2 aromatic heterocycles. The van der Waals surface area contributed by atoms with E-state index in [1.807, 2.05) is 0 Å². The summed E-state index contributed by atoms with van der Waals surface area (Å²) in [5.74, 6) is 1.56. The Morgan fingerprint density at radius 3 is 2.67 bits per heavy atom. The van der Waals surface area contributed by atoms with Gasteiger partial charge in [-0.05, 0) is 17.9 Å². The first-order chi connectivity index (χ1) is 9.90. The highest BCUT2D eigenvalue weighted by atomic mass is 35.5. The summed E-state index contributed by atoms with van der Waals surface area (Å²) >= 11 is 7.92. The van der Waals surface area contributed by atoms with E-state index in [4.69, 9.17) is 11.6 Å². The van der Waals surface area contributed by atoms with Gasteiger partial charge in [-0.2, -0.15) is 0 Å². The molecule has 0 saturated carbocycles. The molecule has 0 amide bonds. The van der Waals surface area contributed by atoms with E-state index in [9.17, 15) is 0 Å². The first kappa shape index (κ1) is 16.2. The summed E-state index contributed by atoms with van der Waals surface area (Å²) in [6, 6.07) is 6.31. The predicted octanol–water partition coefficient (Wildman–Crippen LogP) is 5.44. The van der Waals surface area contributed by atoms with Crippen LogP contribution in [0.3, 0.4) is 0 Å². The minimum Gasteiger partial charge on any atom is -0.362 e. The van der Waals surface area contributed by atoms with Crippen molar-refractivity contribution in [2.45, 2.75) is 52.0 Å². The number of halogens is 1. The molecule has 3 nitrogen and oxygen atoms in total. The largest absolute Gasteiger partial charge is 0.362 e. The van der Waals surface area contributed by atoms with Gasteiger partial charge in [-0.1, -0.05) is 51.8 Å². The van der Waals surface area contributed by atoms with Gasteiger partial charge < -0.3 is 5.32 Å². The van der Waals surface area contributed by atoms with Gasteiger partial charge in [0.2, 0.25) is 0 Å². The van der Waals surface area contributed by atoms with Gasteiger partial charge >= 0.3 is 0 Å². The fraction of sp³-hybridized carbons (Fsp3) is 0.500. The quantitative estimate of drug-likeness (QED) is 0.744. The molecule has 0 aliphatic carbocycles. The zero-order valence-corrected chi connectivity index (χ0v) is 14.6. The van der Waals surface area contributed by atoms with Crippen molar-refractivity contribution >= 4 is 28.8 Å². The average molecular weight is 324 g/mol. The molecular formula is C16H22ClN3S. The molecule has 1 unspecified atom stereocenters. The van der Waals surface area contributed by atoms with Crippen molar-refractivity contribution in [2.24, 2.45) is 0 Å². The van der Waals surface area contributed by atoms with Crippen LogP contribution in [-0.2, 0) is 5.41 Å². The molecule has 114 valence electrons. The second kappa shape index (κ2) is 6.75. The smallest absolute Gasteiger partial charge is 0.137 e. The van der Waals surface area contributed by atoms with Crippen LogP contribution in [0.5, 0.6) is 0 Å². The fourth-order valence-corrected chi connectivity index (χ4v) is 3.07. The molecule has 0 fully saturated rings. The molecule has 0 bridgehead atoms. The molecular weight excluding hydrogens is 302 g/mol. The van der Waals surface area contributed by atoms with E-state index in [1.165, 1.54) is 4.88 Å². The van der Waals surface area contributed by atoms with Crippen LogP contribution in [-0.4, -0.2) is 9.97 Å². The summed E-state index contributed by atoms with van der Waals surface area (Å²) in [5, 5.41) is 6.10. The Balaban J connectivity index is 2.26. The van der Waals surface area contributed by atoms with Crippen LogP contribution in [0, 0.1) is 0 Å². The van der Waals surface area contributed by atoms with Crippen molar-refractivity contribution < 1.29 is 0 Å². The first-order valence-electron chi connectivity index (χ1n) is 7.25. The Hall–Kier alpha value is -1.13. The molecule has 21 heavy (non-hydrogen) atoms. The molecule has 1 N–H and O–H groups in total. The number of hydrogen-bond donors (Lipinski definition) is 1. The SMILES string of the molecule is CCCC(Nc1cc(Cl)nc(C(C)(C)C)n1)c1cccs1. The number of rotatable bonds is 5. The molecule has 2 aromatic rings. The van der Waals surface area contributed by atoms with Gasteiger partial charge in [0.15, 0.2) is 0 Å². The van der Waals surface area contributed by atoms with Crippen LogP contribution in [0.1, 0.15) is 57.3 Å². The van der Waals surface area contributed by atoms with E-state index < -0.39 is 0 Å². The Labute approximate surface area is 135 Å². The number of thiophene rings is 1. The van der Waals surface area contributed by atoms with E-state index in [2.05, 4.69) is 60.5 Å². The lowest BCUT2D eigenvalue weighted by molar-refractivity contribution is 0.545. The number of hydrogen-bond acceptors (Lipinski definition) is 4. The van der Waals surface area contributed by atoms with E-state index in [0.29, 0.717) is 5.15 Å². The van der Waals surface area contributed by atoms with Gasteiger partial charge in [0.25, 0.3) is 0 Å². The minimum atomic E-state index is -0.121. The topological polar surface area (TPSA) is 37.8 Å². The van der Waals surface area contributed by atoms with Gasteiger partial charge in [-0.15, -0.1) is 11.3 Å². The van der Waals surface area contributed by atoms with E-state index >= 15 is 0 Å². The standard InChI is InChI=1S/C16H22ClN3S/c1-5-7-11(12-8-6-9-21-12)18-14-10-13(17)19-15(20-14)16(2,3)4/h6,8-11H,5,7H2,1-4H3,(H,18,19,20). The summed E-state index contributed by atoms with van der Waals surface area (Å²) in [5.41, 5.74) is -0.121. The summed E-state index contributed by atoms with van der Waals surface area (Å²) in [7, 11) is 0. The summed E-state index contributed by atoms with van der Waals surface area (Å²) in [6.45, 7) is 8.46. The van der Waals surface area contributed by atoms with Crippen LogP contribution in [0.4, 0.5) is 5.82 Å². The molecule has 1 atom stereocenters. The van der Waals surface area contributed by atoms with Crippen molar-refractivity contribution in [2.75, 3.05) is 5.32 Å². The molecule has 0 aliphatic rings. The van der Waals surface area contributed by atoms with Crippen LogP contribution in [0.15, 0.2) is 23.6 Å². The van der Waals surface area contributed by atoms with Crippen LogP contribution >= 0.6 is 22.9 Å². The number of nitrogens with one attached hydrogen (secondary N) is 1. The molecule has 0 aliphatic heterocycles. The summed E-state index contributed by atoms with van der Waals surface area (Å²) < 4.78 is 0. The first-order valence-corrected chi connectivity index (χ1v) is 8.51. The normalized spacial score (nSPS) is 13.2. The summed E-state index contributed by atoms with van der Waals surface area (Å²) in [6.07, 6.45) is 2.17. The van der Waals surface area contributed by atoms with E-state index in [-0.39, 0.29) is 11.5 Å².